The van der Waals surface area contributed by atoms with Crippen LogP contribution < -0.4 is 0 Å². The lowest BCUT2D eigenvalue weighted by Gasteiger charge is -2.37. The molecule has 1 fully saturated rings. The van der Waals surface area contributed by atoms with Gasteiger partial charge in [0.1, 0.15) is 0 Å². The van der Waals surface area contributed by atoms with Crippen LogP contribution in [0, 0.1) is 11.3 Å². The lowest BCUT2D eigenvalue weighted by molar-refractivity contribution is 0.0494. The second-order valence-electron chi connectivity index (χ2n) is 6.39. The van der Waals surface area contributed by atoms with E-state index >= 15 is 0 Å². The van der Waals surface area contributed by atoms with E-state index in [4.69, 9.17) is 4.74 Å². The smallest absolute Gasteiger partial charge is 0.0469 e. The molecule has 2 nitrogen and oxygen atoms in total. The molecule has 0 saturated carbocycles. The molecule has 1 heterocycles. The standard InChI is InChI=1S/C16H32BrNO/c1-4-8-16(13-17,9-5-2)14-18(3)12-15-6-10-19-11-7-15/h15H,4-14H2,1-3H3. The number of alkyl halides is 1. The lowest BCUT2D eigenvalue weighted by atomic mass is 9.80. The Balaban J connectivity index is 2.46. The Labute approximate surface area is 128 Å². The van der Waals surface area contributed by atoms with Crippen LogP contribution in [0.25, 0.3) is 0 Å². The van der Waals surface area contributed by atoms with Gasteiger partial charge in [-0.25, -0.2) is 0 Å². The van der Waals surface area contributed by atoms with E-state index < -0.39 is 0 Å². The maximum atomic E-state index is 5.45. The number of hydrogen-bond donors (Lipinski definition) is 0. The van der Waals surface area contributed by atoms with Crippen LogP contribution in [0.15, 0.2) is 0 Å². The highest BCUT2D eigenvalue weighted by Crippen LogP contribution is 2.33. The van der Waals surface area contributed by atoms with E-state index in [9.17, 15) is 0 Å². The average Bonchev–Trinajstić information content (AvgIpc) is 2.40. The predicted octanol–water partition coefficient (Wildman–Crippen LogP) is 4.33. The van der Waals surface area contributed by atoms with Crippen LogP contribution in [0.5, 0.6) is 0 Å². The average molecular weight is 334 g/mol. The zero-order chi connectivity index (χ0) is 14.1. The molecule has 1 saturated heterocycles. The Bertz CT molecular complexity index is 223. The molecule has 19 heavy (non-hydrogen) atoms. The number of halogens is 1. The molecule has 0 aliphatic carbocycles. The number of rotatable bonds is 9. The molecular weight excluding hydrogens is 302 g/mol. The van der Waals surface area contributed by atoms with Gasteiger partial charge in [0.2, 0.25) is 0 Å². The maximum Gasteiger partial charge on any atom is 0.0469 e. The Morgan fingerprint density at radius 3 is 2.21 bits per heavy atom. The summed E-state index contributed by atoms with van der Waals surface area (Å²) in [5, 5.41) is 1.14. The van der Waals surface area contributed by atoms with Crippen LogP contribution in [0.2, 0.25) is 0 Å². The van der Waals surface area contributed by atoms with E-state index in [0.717, 1.165) is 24.5 Å². The van der Waals surface area contributed by atoms with Crippen LogP contribution in [0.4, 0.5) is 0 Å². The molecular formula is C16H32BrNO. The molecule has 1 aliphatic heterocycles. The van der Waals surface area contributed by atoms with E-state index in [1.165, 1.54) is 51.6 Å². The maximum absolute atomic E-state index is 5.45. The molecule has 0 aromatic heterocycles. The minimum atomic E-state index is 0.476. The second kappa shape index (κ2) is 9.36. The molecule has 114 valence electrons. The van der Waals surface area contributed by atoms with Gasteiger partial charge in [-0.1, -0.05) is 42.6 Å². The molecule has 0 aromatic carbocycles. The fourth-order valence-corrected chi connectivity index (χ4v) is 4.26. The molecule has 0 atom stereocenters. The minimum Gasteiger partial charge on any atom is -0.381 e. The van der Waals surface area contributed by atoms with E-state index in [0.29, 0.717) is 5.41 Å². The topological polar surface area (TPSA) is 12.5 Å². The van der Waals surface area contributed by atoms with Gasteiger partial charge in [-0.15, -0.1) is 0 Å². The van der Waals surface area contributed by atoms with Crippen LogP contribution in [-0.4, -0.2) is 43.6 Å². The van der Waals surface area contributed by atoms with Crippen molar-refractivity contribution in [3.63, 3.8) is 0 Å². The summed E-state index contributed by atoms with van der Waals surface area (Å²) in [7, 11) is 2.30. The quantitative estimate of drug-likeness (QED) is 0.582. The van der Waals surface area contributed by atoms with Gasteiger partial charge in [0, 0.05) is 31.6 Å². The first-order chi connectivity index (χ1) is 9.15. The second-order valence-corrected chi connectivity index (χ2v) is 6.95. The van der Waals surface area contributed by atoms with Gasteiger partial charge in [0.25, 0.3) is 0 Å². The SMILES string of the molecule is CCCC(CBr)(CCC)CN(C)CC1CCOCC1. The normalized spacial score (nSPS) is 18.2. The Morgan fingerprint density at radius 2 is 1.74 bits per heavy atom. The third-order valence-electron chi connectivity index (χ3n) is 4.36. The number of nitrogens with zero attached hydrogens (tertiary/aromatic N) is 1. The highest BCUT2D eigenvalue weighted by atomic mass is 79.9. The van der Waals surface area contributed by atoms with Crippen molar-refractivity contribution < 1.29 is 4.74 Å². The zero-order valence-corrected chi connectivity index (χ0v) is 14.7. The summed E-state index contributed by atoms with van der Waals surface area (Å²) in [6, 6.07) is 0. The molecule has 0 N–H and O–H groups in total. The minimum absolute atomic E-state index is 0.476. The van der Waals surface area contributed by atoms with E-state index in [1.54, 1.807) is 0 Å². The zero-order valence-electron chi connectivity index (χ0n) is 13.1. The van der Waals surface area contributed by atoms with Crippen LogP contribution in [0.3, 0.4) is 0 Å². The summed E-state index contributed by atoms with van der Waals surface area (Å²) < 4.78 is 5.45. The molecule has 1 aliphatic rings. The first kappa shape index (κ1) is 17.5. The molecule has 0 unspecified atom stereocenters. The monoisotopic (exact) mass is 333 g/mol. The number of ether oxygens (including phenoxy) is 1. The highest BCUT2D eigenvalue weighted by Gasteiger charge is 2.29. The van der Waals surface area contributed by atoms with E-state index in [2.05, 4.69) is 41.7 Å². The van der Waals surface area contributed by atoms with Gasteiger partial charge in [0.05, 0.1) is 0 Å². The van der Waals surface area contributed by atoms with Gasteiger partial charge >= 0.3 is 0 Å². The Hall–Kier alpha value is 0.400. The first-order valence-electron chi connectivity index (χ1n) is 7.98. The third-order valence-corrected chi connectivity index (χ3v) is 5.55. The van der Waals surface area contributed by atoms with Crippen molar-refractivity contribution in [2.24, 2.45) is 11.3 Å². The van der Waals surface area contributed by atoms with Gasteiger partial charge in [0.15, 0.2) is 0 Å². The summed E-state index contributed by atoms with van der Waals surface area (Å²) in [4.78, 5) is 2.57. The van der Waals surface area contributed by atoms with Crippen molar-refractivity contribution in [3.8, 4) is 0 Å². The Morgan fingerprint density at radius 1 is 1.16 bits per heavy atom. The van der Waals surface area contributed by atoms with Crippen LogP contribution in [-0.2, 0) is 4.74 Å². The van der Waals surface area contributed by atoms with Crippen LogP contribution >= 0.6 is 15.9 Å². The highest BCUT2D eigenvalue weighted by molar-refractivity contribution is 9.09. The van der Waals surface area contributed by atoms with Crippen molar-refractivity contribution in [2.75, 3.05) is 38.7 Å². The van der Waals surface area contributed by atoms with E-state index in [-0.39, 0.29) is 0 Å². The van der Waals surface area contributed by atoms with Crippen molar-refractivity contribution >= 4 is 15.9 Å². The molecule has 0 bridgehead atoms. The van der Waals surface area contributed by atoms with Gasteiger partial charge < -0.3 is 9.64 Å². The molecule has 0 radical (unpaired) electrons. The fraction of sp³-hybridized carbons (Fsp3) is 1.00. The first-order valence-corrected chi connectivity index (χ1v) is 9.10. The molecule has 3 heteroatoms. The summed E-state index contributed by atoms with van der Waals surface area (Å²) in [6.07, 6.45) is 7.74. The molecule has 0 amide bonds. The van der Waals surface area contributed by atoms with Gasteiger partial charge in [-0.05, 0) is 44.1 Å². The summed E-state index contributed by atoms with van der Waals surface area (Å²) in [5.41, 5.74) is 0.476. The molecule has 0 spiro atoms. The molecule has 1 rings (SSSR count). The summed E-state index contributed by atoms with van der Waals surface area (Å²) in [6.45, 7) is 9.03. The molecule has 0 aromatic rings. The fourth-order valence-electron chi connectivity index (χ4n) is 3.53. The Kier molecular flexibility index (Phi) is 8.59. The third kappa shape index (κ3) is 6.14. The van der Waals surface area contributed by atoms with E-state index in [1.807, 2.05) is 0 Å². The van der Waals surface area contributed by atoms with Crippen molar-refractivity contribution in [3.05, 3.63) is 0 Å². The van der Waals surface area contributed by atoms with Crippen LogP contribution in [0.1, 0.15) is 52.4 Å². The van der Waals surface area contributed by atoms with Gasteiger partial charge in [-0.2, -0.15) is 0 Å². The summed E-state index contributed by atoms with van der Waals surface area (Å²) in [5.74, 6) is 0.843. The number of hydrogen-bond acceptors (Lipinski definition) is 2. The summed E-state index contributed by atoms with van der Waals surface area (Å²) >= 11 is 3.78. The van der Waals surface area contributed by atoms with Crippen molar-refractivity contribution in [2.45, 2.75) is 52.4 Å². The van der Waals surface area contributed by atoms with Crippen molar-refractivity contribution in [1.82, 2.24) is 4.90 Å². The largest absolute Gasteiger partial charge is 0.381 e. The van der Waals surface area contributed by atoms with Gasteiger partial charge in [-0.3, -0.25) is 0 Å². The lowest BCUT2D eigenvalue weighted by Crippen LogP contribution is -2.40. The predicted molar refractivity (Wildman–Crippen MR) is 87.1 cm³/mol. The van der Waals surface area contributed by atoms with Crippen molar-refractivity contribution in [1.29, 1.82) is 0 Å².